The molecule has 0 saturated carbocycles. The Labute approximate surface area is 73.2 Å². The highest BCUT2D eigenvalue weighted by Gasteiger charge is 2.03. The summed E-state index contributed by atoms with van der Waals surface area (Å²) in [5.74, 6) is 0.815. The molecule has 1 aromatic carbocycles. The van der Waals surface area contributed by atoms with Gasteiger partial charge in [-0.3, -0.25) is 0 Å². The van der Waals surface area contributed by atoms with Crippen LogP contribution in [0.1, 0.15) is 30.9 Å². The number of hydrogen-bond donors (Lipinski definition) is 1. The smallest absolute Gasteiger partial charge is 0.119 e. The molecule has 0 atom stereocenters. The molecule has 1 rings (SSSR count). The van der Waals surface area contributed by atoms with E-state index in [0.717, 1.165) is 11.1 Å². The molecule has 68 valence electrons. The van der Waals surface area contributed by atoms with Crippen molar-refractivity contribution in [2.45, 2.75) is 26.7 Å². The topological polar surface area (TPSA) is 51.7 Å². The maximum atomic E-state index is 9.46. The lowest BCUT2D eigenvalue weighted by molar-refractivity contribution is 0.464. The maximum Gasteiger partial charge on any atom is 0.119 e. The van der Waals surface area contributed by atoms with Crippen LogP contribution in [0.25, 0.3) is 0 Å². The van der Waals surface area contributed by atoms with Crippen molar-refractivity contribution in [3.63, 3.8) is 0 Å². The number of benzene rings is 1. The number of rotatable bonds is 1. The van der Waals surface area contributed by atoms with Crippen molar-refractivity contribution in [1.29, 1.82) is 0 Å². The van der Waals surface area contributed by atoms with Crippen molar-refractivity contribution < 1.29 is 10.6 Å². The first-order valence-electron chi connectivity index (χ1n) is 3.91. The monoisotopic (exact) mass is 168 g/mol. The highest BCUT2D eigenvalue weighted by Crippen LogP contribution is 2.25. The van der Waals surface area contributed by atoms with Crippen LogP contribution in [-0.2, 0) is 0 Å². The molecule has 0 aromatic heterocycles. The largest absolute Gasteiger partial charge is 0.508 e. The molecule has 0 aliphatic rings. The highest BCUT2D eigenvalue weighted by atomic mass is 16.3. The van der Waals surface area contributed by atoms with Crippen molar-refractivity contribution in [1.82, 2.24) is 0 Å². The lowest BCUT2D eigenvalue weighted by Gasteiger charge is -2.07. The number of hydrogen-bond acceptors (Lipinski definition) is 1. The van der Waals surface area contributed by atoms with Gasteiger partial charge in [0.05, 0.1) is 0 Å². The van der Waals surface area contributed by atoms with Crippen molar-refractivity contribution in [2.24, 2.45) is 0 Å². The van der Waals surface area contributed by atoms with Gasteiger partial charge in [-0.15, -0.1) is 0 Å². The molecule has 0 aliphatic heterocycles. The van der Waals surface area contributed by atoms with Gasteiger partial charge < -0.3 is 10.6 Å². The standard InChI is InChI=1S/C10H14O.H2O/c1-7(2)9-5-4-8(3)6-10(9)11;/h4-7,11H,1-3H3;1H2. The van der Waals surface area contributed by atoms with Gasteiger partial charge in [0.2, 0.25) is 0 Å². The molecule has 0 spiro atoms. The first-order valence-corrected chi connectivity index (χ1v) is 3.91. The lowest BCUT2D eigenvalue weighted by Crippen LogP contribution is -1.87. The molecule has 0 radical (unpaired) electrons. The van der Waals surface area contributed by atoms with E-state index >= 15 is 0 Å². The van der Waals surface area contributed by atoms with Gasteiger partial charge in [0.1, 0.15) is 5.75 Å². The van der Waals surface area contributed by atoms with E-state index in [4.69, 9.17) is 0 Å². The Bertz CT molecular complexity index is 254. The molecule has 0 aliphatic carbocycles. The average Bonchev–Trinajstić information content (AvgIpc) is 1.85. The molecule has 1 aromatic rings. The minimum atomic E-state index is 0. The van der Waals surface area contributed by atoms with E-state index in [9.17, 15) is 5.11 Å². The molecule has 3 N–H and O–H groups in total. The Kier molecular flexibility index (Phi) is 3.77. The second kappa shape index (κ2) is 4.12. The van der Waals surface area contributed by atoms with Crippen LogP contribution in [0.5, 0.6) is 5.75 Å². The SMILES string of the molecule is Cc1ccc(C(C)C)c(O)c1.O. The first-order chi connectivity index (χ1) is 5.11. The predicted octanol–water partition coefficient (Wildman–Crippen LogP) is 2.00. The summed E-state index contributed by atoms with van der Waals surface area (Å²) < 4.78 is 0. The summed E-state index contributed by atoms with van der Waals surface area (Å²) in [6.07, 6.45) is 0. The van der Waals surface area contributed by atoms with Crippen molar-refractivity contribution in [2.75, 3.05) is 0 Å². The molecule has 0 amide bonds. The van der Waals surface area contributed by atoms with Gasteiger partial charge in [-0.25, -0.2) is 0 Å². The second-order valence-corrected chi connectivity index (χ2v) is 3.22. The van der Waals surface area contributed by atoms with E-state index < -0.39 is 0 Å². The fourth-order valence-electron chi connectivity index (χ4n) is 1.14. The van der Waals surface area contributed by atoms with Gasteiger partial charge in [-0.1, -0.05) is 26.0 Å². The van der Waals surface area contributed by atoms with Crippen molar-refractivity contribution >= 4 is 0 Å². The molecule has 0 saturated heterocycles. The summed E-state index contributed by atoms with van der Waals surface area (Å²) in [5.41, 5.74) is 2.13. The fraction of sp³-hybridized carbons (Fsp3) is 0.400. The van der Waals surface area contributed by atoms with Crippen molar-refractivity contribution in [3.05, 3.63) is 29.3 Å². The van der Waals surface area contributed by atoms with Gasteiger partial charge in [-0.05, 0) is 30.0 Å². The molecule has 2 heteroatoms. The van der Waals surface area contributed by atoms with Crippen LogP contribution in [-0.4, -0.2) is 10.6 Å². The Morgan fingerprint density at radius 1 is 1.25 bits per heavy atom. The molecular formula is C10H16O2. The number of aryl methyl sites for hydroxylation is 1. The number of phenols is 1. The van der Waals surface area contributed by atoms with Crippen LogP contribution < -0.4 is 0 Å². The quantitative estimate of drug-likeness (QED) is 0.685. The highest BCUT2D eigenvalue weighted by molar-refractivity contribution is 5.37. The first kappa shape index (κ1) is 11.0. The fourth-order valence-corrected chi connectivity index (χ4v) is 1.14. The third-order valence-electron chi connectivity index (χ3n) is 1.81. The van der Waals surface area contributed by atoms with Crippen molar-refractivity contribution in [3.8, 4) is 5.75 Å². The summed E-state index contributed by atoms with van der Waals surface area (Å²) in [5, 5.41) is 9.46. The van der Waals surface area contributed by atoms with Gasteiger partial charge >= 0.3 is 0 Å². The van der Waals surface area contributed by atoms with Gasteiger partial charge in [0.25, 0.3) is 0 Å². The molecule has 0 unspecified atom stereocenters. The third-order valence-corrected chi connectivity index (χ3v) is 1.81. The second-order valence-electron chi connectivity index (χ2n) is 3.22. The zero-order valence-electron chi connectivity index (χ0n) is 7.76. The normalized spacial score (nSPS) is 9.67. The summed E-state index contributed by atoms with van der Waals surface area (Å²) in [6, 6.07) is 5.81. The molecular weight excluding hydrogens is 152 g/mol. The summed E-state index contributed by atoms with van der Waals surface area (Å²) >= 11 is 0. The average molecular weight is 168 g/mol. The number of phenolic OH excluding ortho intramolecular Hbond substituents is 1. The minimum absolute atomic E-state index is 0. The Morgan fingerprint density at radius 2 is 1.83 bits per heavy atom. The summed E-state index contributed by atoms with van der Waals surface area (Å²) in [4.78, 5) is 0. The molecule has 0 bridgehead atoms. The Morgan fingerprint density at radius 3 is 2.25 bits per heavy atom. The summed E-state index contributed by atoms with van der Waals surface area (Å²) in [7, 11) is 0. The van der Waals surface area contributed by atoms with Gasteiger partial charge in [0, 0.05) is 0 Å². The maximum absolute atomic E-state index is 9.46. The lowest BCUT2D eigenvalue weighted by atomic mass is 10.0. The van der Waals surface area contributed by atoms with Crippen LogP contribution in [0.15, 0.2) is 18.2 Å². The van der Waals surface area contributed by atoms with Gasteiger partial charge in [0.15, 0.2) is 0 Å². The minimum Gasteiger partial charge on any atom is -0.508 e. The van der Waals surface area contributed by atoms with E-state index in [0.29, 0.717) is 11.7 Å². The molecule has 0 fully saturated rings. The van der Waals surface area contributed by atoms with E-state index in [2.05, 4.69) is 13.8 Å². The zero-order valence-corrected chi connectivity index (χ0v) is 7.76. The Hall–Kier alpha value is -1.02. The summed E-state index contributed by atoms with van der Waals surface area (Å²) in [6.45, 7) is 6.12. The van der Waals surface area contributed by atoms with Crippen LogP contribution in [0.3, 0.4) is 0 Å². The van der Waals surface area contributed by atoms with Gasteiger partial charge in [-0.2, -0.15) is 0 Å². The van der Waals surface area contributed by atoms with Crippen LogP contribution in [0.2, 0.25) is 0 Å². The van der Waals surface area contributed by atoms with Crippen LogP contribution in [0, 0.1) is 6.92 Å². The zero-order chi connectivity index (χ0) is 8.43. The third kappa shape index (κ3) is 2.24. The van der Waals surface area contributed by atoms with E-state index in [1.807, 2.05) is 19.1 Å². The predicted molar refractivity (Wildman–Crippen MR) is 50.5 cm³/mol. The van der Waals surface area contributed by atoms with Crippen LogP contribution in [0.4, 0.5) is 0 Å². The molecule has 0 heterocycles. The van der Waals surface area contributed by atoms with E-state index in [1.54, 1.807) is 6.07 Å². The Balaban J connectivity index is 0.00000121. The van der Waals surface area contributed by atoms with E-state index in [1.165, 1.54) is 0 Å². The van der Waals surface area contributed by atoms with Crippen LogP contribution >= 0.6 is 0 Å². The number of aromatic hydroxyl groups is 1. The molecule has 2 nitrogen and oxygen atoms in total. The molecule has 12 heavy (non-hydrogen) atoms. The van der Waals surface area contributed by atoms with E-state index in [-0.39, 0.29) is 5.48 Å².